The molecule has 0 aromatic heterocycles. The molecule has 0 fully saturated rings. The number of hydrogen-bond donors (Lipinski definition) is 0. The largest absolute Gasteiger partial charge is 0.462 e. The molecule has 21 heavy (non-hydrogen) atoms. The Morgan fingerprint density at radius 3 is 2.48 bits per heavy atom. The normalized spacial score (nSPS) is 11.3. The summed E-state index contributed by atoms with van der Waals surface area (Å²) < 4.78 is 5.00. The van der Waals surface area contributed by atoms with Gasteiger partial charge in [-0.3, -0.25) is 14.9 Å². The maximum absolute atomic E-state index is 11.9. The third-order valence-electron chi connectivity index (χ3n) is 2.58. The minimum atomic E-state index is -0.769. The van der Waals surface area contributed by atoms with Crippen molar-refractivity contribution in [3.63, 3.8) is 0 Å². The number of hydrogen-bond acceptors (Lipinski definition) is 5. The van der Waals surface area contributed by atoms with E-state index >= 15 is 0 Å². The van der Waals surface area contributed by atoms with Gasteiger partial charge in [0.25, 0.3) is 5.69 Å². The van der Waals surface area contributed by atoms with E-state index in [0.29, 0.717) is 0 Å². The predicted octanol–water partition coefficient (Wildman–Crippen LogP) is 2.77. The van der Waals surface area contributed by atoms with Crippen LogP contribution in [0.25, 0.3) is 6.08 Å². The van der Waals surface area contributed by atoms with Gasteiger partial charge < -0.3 is 4.74 Å². The standard InChI is InChI=1S/C15H17NO5/c1-10(2)9-21-15(18)13(11(3)17)8-12-6-4-5-7-14(12)16(19)20/h4-8,10H,9H2,1-3H3/b13-8-. The number of esters is 1. The van der Waals surface area contributed by atoms with Crippen LogP contribution in [-0.2, 0) is 14.3 Å². The second-order valence-electron chi connectivity index (χ2n) is 4.92. The molecule has 0 aliphatic carbocycles. The summed E-state index contributed by atoms with van der Waals surface area (Å²) in [5, 5.41) is 10.9. The maximum Gasteiger partial charge on any atom is 0.341 e. The molecule has 0 radical (unpaired) electrons. The molecule has 0 aliphatic rings. The fourth-order valence-corrected chi connectivity index (χ4v) is 1.56. The Hall–Kier alpha value is -2.50. The van der Waals surface area contributed by atoms with Crippen molar-refractivity contribution in [2.45, 2.75) is 20.8 Å². The summed E-state index contributed by atoms with van der Waals surface area (Å²) in [5.74, 6) is -1.13. The second-order valence-corrected chi connectivity index (χ2v) is 4.92. The Kier molecular flexibility index (Phi) is 5.78. The van der Waals surface area contributed by atoms with Crippen molar-refractivity contribution in [2.24, 2.45) is 5.92 Å². The van der Waals surface area contributed by atoms with Crippen LogP contribution in [0.4, 0.5) is 5.69 Å². The van der Waals surface area contributed by atoms with Crippen molar-refractivity contribution >= 4 is 23.5 Å². The van der Waals surface area contributed by atoms with E-state index in [9.17, 15) is 19.7 Å². The lowest BCUT2D eigenvalue weighted by molar-refractivity contribution is -0.385. The van der Waals surface area contributed by atoms with Crippen LogP contribution >= 0.6 is 0 Å². The van der Waals surface area contributed by atoms with Crippen molar-refractivity contribution in [3.8, 4) is 0 Å². The lowest BCUT2D eigenvalue weighted by atomic mass is 10.1. The van der Waals surface area contributed by atoms with Crippen LogP contribution in [0.15, 0.2) is 29.8 Å². The van der Waals surface area contributed by atoms with Crippen LogP contribution in [0.5, 0.6) is 0 Å². The predicted molar refractivity (Wildman–Crippen MR) is 77.6 cm³/mol. The smallest absolute Gasteiger partial charge is 0.341 e. The zero-order chi connectivity index (χ0) is 16.0. The molecule has 0 bridgehead atoms. The van der Waals surface area contributed by atoms with E-state index in [1.54, 1.807) is 6.07 Å². The molecule has 0 aliphatic heterocycles. The molecule has 0 spiro atoms. The maximum atomic E-state index is 11.9. The zero-order valence-corrected chi connectivity index (χ0v) is 12.2. The minimum Gasteiger partial charge on any atom is -0.462 e. The highest BCUT2D eigenvalue weighted by molar-refractivity contribution is 6.20. The highest BCUT2D eigenvalue weighted by atomic mass is 16.6. The third-order valence-corrected chi connectivity index (χ3v) is 2.58. The first-order valence-corrected chi connectivity index (χ1v) is 6.46. The molecule has 0 unspecified atom stereocenters. The number of ether oxygens (including phenoxy) is 1. The summed E-state index contributed by atoms with van der Waals surface area (Å²) in [6.07, 6.45) is 1.20. The number of nitro benzene ring substituents is 1. The average Bonchev–Trinajstić information content (AvgIpc) is 2.42. The van der Waals surface area contributed by atoms with Crippen molar-refractivity contribution in [3.05, 3.63) is 45.5 Å². The molecular formula is C15H17NO5. The zero-order valence-electron chi connectivity index (χ0n) is 12.2. The summed E-state index contributed by atoms with van der Waals surface area (Å²) in [7, 11) is 0. The van der Waals surface area contributed by atoms with Crippen LogP contribution in [0, 0.1) is 16.0 Å². The number of rotatable bonds is 6. The number of nitro groups is 1. The molecule has 1 rings (SSSR count). The number of nitrogens with zero attached hydrogens (tertiary/aromatic N) is 1. The van der Waals surface area contributed by atoms with Crippen molar-refractivity contribution in [1.29, 1.82) is 0 Å². The third kappa shape index (κ3) is 4.83. The Morgan fingerprint density at radius 1 is 1.33 bits per heavy atom. The van der Waals surface area contributed by atoms with Gasteiger partial charge in [0, 0.05) is 6.07 Å². The minimum absolute atomic E-state index is 0.133. The van der Waals surface area contributed by atoms with Gasteiger partial charge in [0.05, 0.1) is 17.1 Å². The quantitative estimate of drug-likeness (QED) is 0.201. The summed E-state index contributed by atoms with van der Waals surface area (Å²) in [5.41, 5.74) is -0.188. The highest BCUT2D eigenvalue weighted by Crippen LogP contribution is 2.21. The number of Topliss-reactive ketones (excluding diaryl/α,β-unsaturated/α-hetero) is 1. The topological polar surface area (TPSA) is 86.5 Å². The van der Waals surface area contributed by atoms with E-state index in [0.717, 1.165) is 0 Å². The lowest BCUT2D eigenvalue weighted by Gasteiger charge is -2.08. The number of para-hydroxylation sites is 1. The molecule has 0 amide bonds. The Bertz CT molecular complexity index is 589. The molecule has 6 nitrogen and oxygen atoms in total. The van der Waals surface area contributed by atoms with E-state index in [1.807, 2.05) is 13.8 Å². The molecule has 0 heterocycles. The molecular weight excluding hydrogens is 274 g/mol. The second kappa shape index (κ2) is 7.33. The van der Waals surface area contributed by atoms with Crippen LogP contribution < -0.4 is 0 Å². The van der Waals surface area contributed by atoms with E-state index in [2.05, 4.69) is 0 Å². The summed E-state index contributed by atoms with van der Waals surface area (Å²) >= 11 is 0. The van der Waals surface area contributed by atoms with Crippen molar-refractivity contribution in [2.75, 3.05) is 6.61 Å². The molecule has 0 atom stereocenters. The van der Waals surface area contributed by atoms with E-state index in [4.69, 9.17) is 4.74 Å². The van der Waals surface area contributed by atoms with Gasteiger partial charge in [-0.1, -0.05) is 26.0 Å². The summed E-state index contributed by atoms with van der Waals surface area (Å²) in [6.45, 7) is 5.14. The monoisotopic (exact) mass is 291 g/mol. The summed E-state index contributed by atoms with van der Waals surface area (Å²) in [6, 6.07) is 5.88. The molecule has 6 heteroatoms. The van der Waals surface area contributed by atoms with Gasteiger partial charge in [-0.2, -0.15) is 0 Å². The van der Waals surface area contributed by atoms with Crippen LogP contribution in [0.2, 0.25) is 0 Å². The van der Waals surface area contributed by atoms with Gasteiger partial charge in [0.2, 0.25) is 0 Å². The van der Waals surface area contributed by atoms with Gasteiger partial charge in [0.1, 0.15) is 5.57 Å². The first kappa shape index (κ1) is 16.6. The molecule has 0 N–H and O–H groups in total. The number of ketones is 1. The Balaban J connectivity index is 3.14. The first-order valence-electron chi connectivity index (χ1n) is 6.46. The van der Waals surface area contributed by atoms with Gasteiger partial charge in [0.15, 0.2) is 5.78 Å². The van der Waals surface area contributed by atoms with Gasteiger partial charge in [-0.15, -0.1) is 0 Å². The van der Waals surface area contributed by atoms with Gasteiger partial charge in [-0.25, -0.2) is 4.79 Å². The molecule has 0 saturated heterocycles. The molecule has 0 saturated carbocycles. The molecule has 1 aromatic carbocycles. The fraction of sp³-hybridized carbons (Fsp3) is 0.333. The highest BCUT2D eigenvalue weighted by Gasteiger charge is 2.19. The lowest BCUT2D eigenvalue weighted by Crippen LogP contribution is -2.16. The van der Waals surface area contributed by atoms with E-state index < -0.39 is 16.7 Å². The Morgan fingerprint density at radius 2 is 1.95 bits per heavy atom. The van der Waals surface area contributed by atoms with Crippen LogP contribution in [-0.4, -0.2) is 23.3 Å². The van der Waals surface area contributed by atoms with Crippen LogP contribution in [0.1, 0.15) is 26.3 Å². The van der Waals surface area contributed by atoms with Gasteiger partial charge >= 0.3 is 5.97 Å². The van der Waals surface area contributed by atoms with Gasteiger partial charge in [-0.05, 0) is 25.0 Å². The average molecular weight is 291 g/mol. The van der Waals surface area contributed by atoms with E-state index in [1.165, 1.54) is 31.2 Å². The van der Waals surface area contributed by atoms with E-state index in [-0.39, 0.29) is 29.3 Å². The summed E-state index contributed by atoms with van der Waals surface area (Å²) in [4.78, 5) is 33.8. The fourth-order valence-electron chi connectivity index (χ4n) is 1.56. The number of carbonyl (C=O) groups is 2. The first-order chi connectivity index (χ1) is 9.82. The van der Waals surface area contributed by atoms with Crippen molar-refractivity contribution < 1.29 is 19.2 Å². The number of carbonyl (C=O) groups excluding carboxylic acids is 2. The Labute approximate surface area is 122 Å². The molecule has 112 valence electrons. The molecule has 1 aromatic rings. The van der Waals surface area contributed by atoms with Crippen molar-refractivity contribution in [1.82, 2.24) is 0 Å². The number of benzene rings is 1. The SMILES string of the molecule is CC(=O)/C(=C/c1ccccc1[N+](=O)[O-])C(=O)OCC(C)C. The van der Waals surface area contributed by atoms with Crippen LogP contribution in [0.3, 0.4) is 0 Å².